The minimum atomic E-state index is 0.740. The Balaban J connectivity index is 1.44. The molecule has 0 aromatic rings. The molecule has 0 aromatic carbocycles. The molecule has 3 radical (unpaired) electrons. The molecule has 0 aromatic heterocycles. The Kier molecular flexibility index (Phi) is 6.30. The lowest BCUT2D eigenvalue weighted by Crippen LogP contribution is -2.68. The lowest BCUT2D eigenvalue weighted by atomic mass is 9.66. The number of hydrogen-bond acceptors (Lipinski definition) is 3. The van der Waals surface area contributed by atoms with Crippen molar-refractivity contribution in [3.8, 4) is 0 Å². The summed E-state index contributed by atoms with van der Waals surface area (Å²) in [5.41, 5.74) is 0. The Morgan fingerprint density at radius 3 is 0.875 bits per heavy atom. The third-order valence-corrected chi connectivity index (χ3v) is 6.79. The van der Waals surface area contributed by atoms with Gasteiger partial charge in [0.15, 0.2) is 0 Å². The molecular formula is C18H33B3N3. The molecule has 129 valence electrons. The van der Waals surface area contributed by atoms with Crippen molar-refractivity contribution in [2.24, 2.45) is 0 Å². The first-order chi connectivity index (χ1) is 11.9. The molecule has 3 saturated carbocycles. The second-order valence-corrected chi connectivity index (χ2v) is 8.56. The first-order valence-electron chi connectivity index (χ1n) is 10.8. The molecule has 3 aliphatic carbocycles. The van der Waals surface area contributed by atoms with E-state index < -0.39 is 0 Å². The molecule has 6 heteroatoms. The molecule has 0 spiro atoms. The van der Waals surface area contributed by atoms with E-state index in [-0.39, 0.29) is 0 Å². The zero-order chi connectivity index (χ0) is 16.2. The van der Waals surface area contributed by atoms with E-state index in [4.69, 9.17) is 0 Å². The van der Waals surface area contributed by atoms with E-state index in [1.165, 1.54) is 96.3 Å². The predicted molar refractivity (Wildman–Crippen MR) is 103 cm³/mol. The van der Waals surface area contributed by atoms with E-state index in [9.17, 15) is 0 Å². The van der Waals surface area contributed by atoms with Crippen LogP contribution in [0.3, 0.4) is 0 Å². The molecule has 0 unspecified atom stereocenters. The van der Waals surface area contributed by atoms with Crippen LogP contribution >= 0.6 is 0 Å². The minimum Gasteiger partial charge on any atom is -0.362 e. The van der Waals surface area contributed by atoms with Crippen molar-refractivity contribution >= 4 is 22.6 Å². The Bertz CT molecular complexity index is 317. The lowest BCUT2D eigenvalue weighted by molar-refractivity contribution is 0.253. The van der Waals surface area contributed by atoms with E-state index >= 15 is 0 Å². The topological polar surface area (TPSA) is 9.72 Å². The van der Waals surface area contributed by atoms with Crippen LogP contribution in [0.1, 0.15) is 96.3 Å². The second-order valence-electron chi connectivity index (χ2n) is 8.56. The van der Waals surface area contributed by atoms with Gasteiger partial charge in [-0.25, -0.2) is 0 Å². The highest BCUT2D eigenvalue weighted by Crippen LogP contribution is 2.29. The van der Waals surface area contributed by atoms with E-state index in [0.29, 0.717) is 0 Å². The summed E-state index contributed by atoms with van der Waals surface area (Å²) in [6.45, 7) is 0. The molecule has 4 aliphatic rings. The molecule has 4 rings (SSSR count). The molecule has 1 aliphatic heterocycles. The van der Waals surface area contributed by atoms with Gasteiger partial charge in [-0.05, 0) is 56.7 Å². The smallest absolute Gasteiger partial charge is 0.290 e. The molecule has 1 saturated heterocycles. The molecule has 24 heavy (non-hydrogen) atoms. The van der Waals surface area contributed by atoms with Crippen molar-refractivity contribution in [2.45, 2.75) is 114 Å². The third-order valence-electron chi connectivity index (χ3n) is 6.79. The summed E-state index contributed by atoms with van der Waals surface area (Å²) in [6.07, 6.45) is 21.1. The van der Waals surface area contributed by atoms with Crippen molar-refractivity contribution < 1.29 is 0 Å². The zero-order valence-corrected chi connectivity index (χ0v) is 15.4. The summed E-state index contributed by atoms with van der Waals surface area (Å²) in [5, 5.41) is 0. The SMILES string of the molecule is [B]1N(C2CCCCC2)[B]N(C2CCCCC2)[B]N1C1CCCCC1. The summed E-state index contributed by atoms with van der Waals surface area (Å²) in [7, 11) is 7.39. The molecule has 4 fully saturated rings. The molecular weight excluding hydrogens is 291 g/mol. The maximum absolute atomic E-state index is 2.60. The average molecular weight is 324 g/mol. The number of hydrogen-bond donors (Lipinski definition) is 0. The second kappa shape index (κ2) is 8.64. The minimum absolute atomic E-state index is 0.740. The predicted octanol–water partition coefficient (Wildman–Crippen LogP) is 3.51. The van der Waals surface area contributed by atoms with Crippen LogP contribution in [0, 0.1) is 0 Å². The number of rotatable bonds is 3. The average Bonchev–Trinajstić information content (AvgIpc) is 2.70. The van der Waals surface area contributed by atoms with Gasteiger partial charge in [-0.3, -0.25) is 0 Å². The van der Waals surface area contributed by atoms with Gasteiger partial charge in [0, 0.05) is 0 Å². The summed E-state index contributed by atoms with van der Waals surface area (Å²) < 4.78 is 7.80. The maximum atomic E-state index is 2.60. The Morgan fingerprint density at radius 1 is 0.375 bits per heavy atom. The zero-order valence-electron chi connectivity index (χ0n) is 15.4. The lowest BCUT2D eigenvalue weighted by Gasteiger charge is -2.50. The fourth-order valence-electron chi connectivity index (χ4n) is 5.25. The fraction of sp³-hybridized carbons (Fsp3) is 1.00. The quantitative estimate of drug-likeness (QED) is 0.736. The molecule has 3 nitrogen and oxygen atoms in total. The monoisotopic (exact) mass is 324 g/mol. The molecule has 0 amide bonds. The highest BCUT2D eigenvalue weighted by Gasteiger charge is 2.38. The first kappa shape index (κ1) is 17.5. The highest BCUT2D eigenvalue weighted by molar-refractivity contribution is 6.65. The van der Waals surface area contributed by atoms with Gasteiger partial charge in [0.2, 0.25) is 0 Å². The summed E-state index contributed by atoms with van der Waals surface area (Å²) >= 11 is 0. The third kappa shape index (κ3) is 4.24. The number of nitrogens with zero attached hydrogens (tertiary/aromatic N) is 3. The van der Waals surface area contributed by atoms with Gasteiger partial charge in [0.05, 0.1) is 0 Å². The van der Waals surface area contributed by atoms with Crippen molar-refractivity contribution in [2.75, 3.05) is 0 Å². The maximum Gasteiger partial charge on any atom is 0.290 e. The first-order valence-corrected chi connectivity index (χ1v) is 10.8. The van der Waals surface area contributed by atoms with E-state index in [1.807, 2.05) is 0 Å². The van der Waals surface area contributed by atoms with Gasteiger partial charge in [0.1, 0.15) is 0 Å². The Morgan fingerprint density at radius 2 is 0.625 bits per heavy atom. The van der Waals surface area contributed by atoms with E-state index in [2.05, 4.69) is 36.8 Å². The largest absolute Gasteiger partial charge is 0.362 e. The van der Waals surface area contributed by atoms with Crippen LogP contribution in [0.15, 0.2) is 0 Å². The fourth-order valence-corrected chi connectivity index (χ4v) is 5.25. The van der Waals surface area contributed by atoms with Crippen LogP contribution in [0.5, 0.6) is 0 Å². The van der Waals surface area contributed by atoms with Crippen molar-refractivity contribution in [1.82, 2.24) is 14.2 Å². The van der Waals surface area contributed by atoms with Crippen LogP contribution in [0.2, 0.25) is 0 Å². The van der Waals surface area contributed by atoms with E-state index in [0.717, 1.165) is 18.1 Å². The van der Waals surface area contributed by atoms with Gasteiger partial charge in [0.25, 0.3) is 22.6 Å². The van der Waals surface area contributed by atoms with E-state index in [1.54, 1.807) is 0 Å². The normalized spacial score (nSPS) is 30.5. The van der Waals surface area contributed by atoms with Crippen molar-refractivity contribution in [3.63, 3.8) is 0 Å². The summed E-state index contributed by atoms with van der Waals surface area (Å²) in [5.74, 6) is 0. The van der Waals surface area contributed by atoms with Crippen LogP contribution in [0.25, 0.3) is 0 Å². The van der Waals surface area contributed by atoms with Crippen LogP contribution in [0.4, 0.5) is 0 Å². The van der Waals surface area contributed by atoms with Gasteiger partial charge in [-0.2, -0.15) is 0 Å². The van der Waals surface area contributed by atoms with Gasteiger partial charge in [-0.1, -0.05) is 57.8 Å². The van der Waals surface area contributed by atoms with Gasteiger partial charge < -0.3 is 14.2 Å². The highest BCUT2D eigenvalue weighted by atomic mass is 15.3. The molecule has 0 bridgehead atoms. The summed E-state index contributed by atoms with van der Waals surface area (Å²) in [6, 6.07) is 2.22. The van der Waals surface area contributed by atoms with Gasteiger partial charge >= 0.3 is 0 Å². The Hall–Kier alpha value is 0.0748. The Labute approximate surface area is 151 Å². The van der Waals surface area contributed by atoms with Crippen molar-refractivity contribution in [3.05, 3.63) is 0 Å². The summed E-state index contributed by atoms with van der Waals surface area (Å²) in [4.78, 5) is 0. The molecule has 1 heterocycles. The van der Waals surface area contributed by atoms with Crippen LogP contribution in [-0.4, -0.2) is 54.9 Å². The van der Waals surface area contributed by atoms with Crippen molar-refractivity contribution in [1.29, 1.82) is 0 Å². The standard InChI is InChI=1S/C18H33B3N3/c1-4-10-16(11-5-1)22-19-23(17-12-6-2-7-13-17)21-24(20-22)18-14-8-3-9-15-18/h16-18H,1-15H2. The van der Waals surface area contributed by atoms with Crippen LogP contribution in [-0.2, 0) is 0 Å². The van der Waals surface area contributed by atoms with Crippen LogP contribution < -0.4 is 0 Å². The van der Waals surface area contributed by atoms with Gasteiger partial charge in [-0.15, -0.1) is 0 Å². The molecule has 0 atom stereocenters. The molecule has 0 N–H and O–H groups in total.